The molecule has 150 heavy (non-hydrogen) atoms. The summed E-state index contributed by atoms with van der Waals surface area (Å²) in [4.78, 5) is 140. The molecule has 32 nitrogen and oxygen atoms in total. The summed E-state index contributed by atoms with van der Waals surface area (Å²) in [6, 6.07) is 9.86. The smallest absolute Gasteiger partial charge is 0.338 e. The average molecular weight is 2330 g/mol. The van der Waals surface area contributed by atoms with Crippen LogP contribution in [0.25, 0.3) is 0 Å². The fourth-order valence-corrected chi connectivity index (χ4v) is 21.6. The Bertz CT molecular complexity index is 6270. The van der Waals surface area contributed by atoms with E-state index in [-0.39, 0.29) is 140 Å². The van der Waals surface area contributed by atoms with Gasteiger partial charge in [0.25, 0.3) is 11.8 Å². The highest BCUT2D eigenvalue weighted by Crippen LogP contribution is 2.45. The predicted octanol–water partition coefficient (Wildman–Crippen LogP) is 18.0. The molecule has 0 aliphatic carbocycles. The topological polar surface area (TPSA) is 416 Å². The van der Waals surface area contributed by atoms with Crippen LogP contribution in [0.15, 0.2) is 242 Å². The van der Waals surface area contributed by atoms with E-state index in [0.717, 1.165) is 36.4 Å². The first-order valence-electron chi connectivity index (χ1n) is 46.7. The van der Waals surface area contributed by atoms with Gasteiger partial charge in [-0.1, -0.05) is 104 Å². The number of halogens is 14. The maximum absolute atomic E-state index is 14.5. The molecule has 4 saturated heterocycles. The number of amidine groups is 4. The number of thiazole rings is 4. The Hall–Kier alpha value is -12.4. The van der Waals surface area contributed by atoms with Crippen LogP contribution in [0.5, 0.6) is 0 Å². The lowest BCUT2D eigenvalue weighted by atomic mass is 9.93. The van der Waals surface area contributed by atoms with Crippen LogP contribution < -0.4 is 21.3 Å². The molecule has 12 heterocycles. The third kappa shape index (κ3) is 30.6. The Morgan fingerprint density at radius 1 is 0.393 bits per heavy atom. The number of aromatic nitrogens is 4. The number of nitrogens with zero attached hydrogens (tertiary/aromatic N) is 12. The van der Waals surface area contributed by atoms with Gasteiger partial charge >= 0.3 is 47.8 Å². The Morgan fingerprint density at radius 3 is 0.893 bits per heavy atom. The quantitative estimate of drug-likeness (QED) is 0.00840. The van der Waals surface area contributed by atoms with E-state index < -0.39 is 157 Å². The highest BCUT2D eigenvalue weighted by atomic mass is 79.9. The average Bonchev–Trinajstić information content (AvgIpc) is 1.07. The van der Waals surface area contributed by atoms with Gasteiger partial charge < -0.3 is 60.6 Å². The number of rotatable bonds is 32. The SMILES string of the molecule is CCOC(=O)C1=C(CN2CC(F)(F)CCC2/C=C/C(=O)O)NC(c2nccs2)=NC1c1ccc(F)cc1Br.CCOC(=O)C1=C(CN2CC(F)(F)CCC2/C=C/C(=O)O)NC(c2nccs2)=NC1c1ccc(F)cc1Cl.CCOC(=O)C1=C(CN2CC(F)CCC2/C=C/C(=O)O)NC(c2nccs2)=NC1c1ccc(F)cc1Br.CCOC(=O)C1=C(CN2CC(F)CCC2/C=C/C(=O)O)NC(c2nccs2)=NC1c1ccc(F)cc1Cl. The second-order valence-corrected chi connectivity index (χ2v) is 40.5. The van der Waals surface area contributed by atoms with E-state index in [0.29, 0.717) is 106 Å². The minimum absolute atomic E-state index is 0.0133. The van der Waals surface area contributed by atoms with Crippen LogP contribution in [0.3, 0.4) is 0 Å². The summed E-state index contributed by atoms with van der Waals surface area (Å²) in [6.45, 7) is 5.57. The van der Waals surface area contributed by atoms with Crippen LogP contribution >= 0.6 is 100 Å². The summed E-state index contributed by atoms with van der Waals surface area (Å²) in [5.74, 6) is -14.0. The molecule has 0 saturated carbocycles. The first-order chi connectivity index (χ1) is 71.7. The lowest BCUT2D eigenvalue weighted by Crippen LogP contribution is -2.50. The maximum atomic E-state index is 14.5. The number of carbonyl (C=O) groups excluding carboxylic acids is 4. The first-order valence-corrected chi connectivity index (χ1v) is 52.6. The number of aliphatic imine (C=N–C) groups is 4. The van der Waals surface area contributed by atoms with Crippen molar-refractivity contribution in [2.75, 3.05) is 78.8 Å². The highest BCUT2D eigenvalue weighted by Gasteiger charge is 2.47. The number of alkyl halides is 6. The molecule has 0 radical (unpaired) electrons. The maximum Gasteiger partial charge on any atom is 0.338 e. The number of hydrogen-bond donors (Lipinski definition) is 8. The summed E-state index contributed by atoms with van der Waals surface area (Å²) in [7, 11) is 0. The Labute approximate surface area is 895 Å². The molecular weight excluding hydrogens is 2230 g/mol. The summed E-state index contributed by atoms with van der Waals surface area (Å²) < 4.78 is 165. The molecule has 8 aliphatic heterocycles. The molecule has 16 rings (SSSR count). The third-order valence-electron chi connectivity index (χ3n) is 24.1. The third-order valence-corrected chi connectivity index (χ3v) is 29.3. The molecule has 4 aromatic carbocycles. The molecule has 8 aliphatic rings. The number of likely N-dealkylation sites (tertiary alicyclic amines) is 4. The number of ether oxygens (including phenoxy) is 4. The molecule has 10 unspecified atom stereocenters. The summed E-state index contributed by atoms with van der Waals surface area (Å²) in [5.41, 5.74) is 3.49. The number of benzene rings is 4. The van der Waals surface area contributed by atoms with Crippen molar-refractivity contribution in [1.29, 1.82) is 0 Å². The normalized spacial score (nSPS) is 22.2. The van der Waals surface area contributed by atoms with Crippen molar-refractivity contribution in [3.8, 4) is 0 Å². The molecule has 4 aromatic heterocycles. The monoisotopic (exact) mass is 2320 g/mol. The fourth-order valence-electron chi connectivity index (χ4n) is 17.5. The van der Waals surface area contributed by atoms with Crippen molar-refractivity contribution in [2.45, 2.75) is 152 Å². The standard InChI is InChI=1S/C25H24BrF3N4O4S.C25H25BrF2N4O4S.C25H24ClF3N4O4S.C25H25ClF2N4O4S/c1-2-37-24(36)20-18(12-33-13-25(28,29)8-7-15(33)4-6-19(34)35)31-22(23-30-9-10-38-23)32-21(20)16-5-3-14(27)11-17(16)26;1-2-36-25(35)21-19(13-32-12-15(28)3-5-16(32)6-8-20(33)34)30-23(24-29-9-10-37-24)31-22(21)17-7-4-14(27)11-18(17)26;1-2-37-24(36)20-18(12-33-13-25(28,29)8-7-15(33)4-6-19(34)35)31-22(23-30-9-10-38-23)32-21(20)16-5-3-14(27)11-17(16)26;1-2-36-25(35)21-19(13-32-12-15(28)3-5-16(32)6-8-20(33)34)30-23(24-29-9-10-37-24)31-22(21)17-7-4-14(27)11-18(17)26/h3-6,9-11,15,21H,2,7-8,12-13H2,1H3,(H,31,32)(H,34,35);4,6-11,15-16,22H,2-3,5,12-13H2,1H3,(H,30,31)(H,33,34);3-6,9-11,15,21H,2,7-8,12-13H2,1H3,(H,31,32)(H,34,35);4,6-11,15-16,22H,2-3,5,12-13H2,1H3,(H,30,31)(H,33,34)/b6-4+;8-6+;6-4+;8-6+. The number of carboxylic acids is 4. The van der Waals surface area contributed by atoms with E-state index in [1.807, 2.05) is 0 Å². The summed E-state index contributed by atoms with van der Waals surface area (Å²) in [5, 5.41) is 58.2. The van der Waals surface area contributed by atoms with Gasteiger partial charge in [-0.2, -0.15) is 0 Å². The van der Waals surface area contributed by atoms with E-state index >= 15 is 0 Å². The Morgan fingerprint density at radius 2 is 0.647 bits per heavy atom. The summed E-state index contributed by atoms with van der Waals surface area (Å²) in [6.07, 6.45) is 14.5. The van der Waals surface area contributed by atoms with Gasteiger partial charge in [0, 0.05) is 200 Å². The zero-order valence-corrected chi connectivity index (χ0v) is 88.0. The number of carboxylic acid groups (broad SMARTS) is 4. The van der Waals surface area contributed by atoms with Gasteiger partial charge in [0.2, 0.25) is 0 Å². The predicted molar refractivity (Wildman–Crippen MR) is 549 cm³/mol. The molecular formula is C100H98Br2Cl2F10N16O16S4. The van der Waals surface area contributed by atoms with Crippen LogP contribution in [-0.4, -0.2) is 258 Å². The molecule has 0 bridgehead atoms. The molecule has 50 heteroatoms. The van der Waals surface area contributed by atoms with E-state index in [9.17, 15) is 82.3 Å². The van der Waals surface area contributed by atoms with Crippen molar-refractivity contribution in [2.24, 2.45) is 20.0 Å². The van der Waals surface area contributed by atoms with Crippen LogP contribution in [0.2, 0.25) is 10.0 Å². The van der Waals surface area contributed by atoms with Gasteiger partial charge in [-0.15, -0.1) is 45.3 Å². The zero-order chi connectivity index (χ0) is 108. The van der Waals surface area contributed by atoms with Gasteiger partial charge in [-0.3, -0.25) is 39.6 Å². The first kappa shape index (κ1) is 115. The molecule has 4 fully saturated rings. The van der Waals surface area contributed by atoms with E-state index in [1.54, 1.807) is 89.9 Å². The minimum Gasteiger partial charge on any atom is -0.478 e. The lowest BCUT2D eigenvalue weighted by molar-refractivity contribution is -0.140. The lowest BCUT2D eigenvalue weighted by Gasteiger charge is -2.39. The second kappa shape index (κ2) is 53.1. The van der Waals surface area contributed by atoms with Crippen LogP contribution in [0.1, 0.15) is 146 Å². The van der Waals surface area contributed by atoms with E-state index in [2.05, 4.69) is 78.1 Å². The van der Waals surface area contributed by atoms with Crippen LogP contribution in [0, 0.1) is 23.3 Å². The van der Waals surface area contributed by atoms with E-state index in [4.69, 9.17) is 77.6 Å². The number of aliphatic carboxylic acids is 4. The number of hydrogen-bond acceptors (Lipinski definition) is 32. The molecule has 0 amide bonds. The van der Waals surface area contributed by atoms with Crippen LogP contribution in [-0.2, 0) is 57.3 Å². The summed E-state index contributed by atoms with van der Waals surface area (Å²) >= 11 is 24.7. The van der Waals surface area contributed by atoms with Gasteiger partial charge in [-0.05, 0) is 126 Å². The molecule has 8 aromatic rings. The number of piperidine rings is 4. The molecule has 0 spiro atoms. The fraction of sp³-hybridized carbons (Fsp3) is 0.360. The van der Waals surface area contributed by atoms with E-state index in [1.165, 1.54) is 134 Å². The van der Waals surface area contributed by atoms with Crippen molar-refractivity contribution in [3.63, 3.8) is 0 Å². The zero-order valence-electron chi connectivity index (χ0n) is 80.1. The highest BCUT2D eigenvalue weighted by molar-refractivity contribution is 9.10. The Kier molecular flexibility index (Phi) is 40.6. The number of nitrogens with one attached hydrogen (secondary N) is 4. The molecule has 8 N–H and O–H groups in total. The minimum atomic E-state index is -3.02. The van der Waals surface area contributed by atoms with Crippen molar-refractivity contribution in [1.82, 2.24) is 60.8 Å². The van der Waals surface area contributed by atoms with Crippen molar-refractivity contribution >= 4 is 172 Å². The largest absolute Gasteiger partial charge is 0.478 e. The van der Waals surface area contributed by atoms with Gasteiger partial charge in [-0.25, -0.2) is 102 Å². The Balaban J connectivity index is 0.000000167. The number of carbonyl (C=O) groups is 8. The van der Waals surface area contributed by atoms with Gasteiger partial charge in [0.1, 0.15) is 59.8 Å². The van der Waals surface area contributed by atoms with Gasteiger partial charge in [0.15, 0.2) is 43.4 Å². The molecule has 796 valence electrons. The second-order valence-electron chi connectivity index (χ2n) is 34.4. The molecule has 10 atom stereocenters. The van der Waals surface area contributed by atoms with Gasteiger partial charge in [0.05, 0.1) is 61.8 Å². The number of esters is 4. The van der Waals surface area contributed by atoms with Crippen molar-refractivity contribution in [3.05, 3.63) is 297 Å². The van der Waals surface area contributed by atoms with Crippen molar-refractivity contribution < 1.29 is 122 Å². The van der Waals surface area contributed by atoms with Crippen LogP contribution in [0.4, 0.5) is 43.9 Å².